The summed E-state index contributed by atoms with van der Waals surface area (Å²) in [4.78, 5) is 11.2. The van der Waals surface area contributed by atoms with Gasteiger partial charge in [0, 0.05) is 6.61 Å². The fourth-order valence-corrected chi connectivity index (χ4v) is 4.14. The van der Waals surface area contributed by atoms with Crippen LogP contribution in [0.5, 0.6) is 0 Å². The molecule has 1 saturated carbocycles. The van der Waals surface area contributed by atoms with E-state index >= 15 is 0 Å². The number of rotatable bonds is 8. The number of carbonyl (C=O) groups excluding carboxylic acids is 1. The normalized spacial score (nSPS) is 30.4. The van der Waals surface area contributed by atoms with Crippen molar-refractivity contribution in [3.63, 3.8) is 0 Å². The van der Waals surface area contributed by atoms with Gasteiger partial charge in [0.2, 0.25) is 0 Å². The van der Waals surface area contributed by atoms with E-state index in [9.17, 15) is 4.79 Å². The Hall–Kier alpha value is -0.393. The molecule has 0 aromatic rings. The van der Waals surface area contributed by atoms with E-state index < -0.39 is 0 Å². The average Bonchev–Trinajstić information content (AvgIpc) is 3.14. The summed E-state index contributed by atoms with van der Waals surface area (Å²) in [5.74, 6) is 0.650. The molecule has 1 aliphatic carbocycles. The van der Waals surface area contributed by atoms with Crippen LogP contribution >= 0.6 is 0 Å². The van der Waals surface area contributed by atoms with Crippen molar-refractivity contribution >= 4 is 15.5 Å². The second-order valence-electron chi connectivity index (χ2n) is 5.25. The Morgan fingerprint density at radius 2 is 2.28 bits per heavy atom. The minimum absolute atomic E-state index is 0.105. The lowest BCUT2D eigenvalue weighted by Gasteiger charge is -2.18. The average molecular weight is 272 g/mol. The van der Waals surface area contributed by atoms with E-state index in [2.05, 4.69) is 0 Å². The predicted octanol–water partition coefficient (Wildman–Crippen LogP) is 1.07. The first kappa shape index (κ1) is 14.0. The van der Waals surface area contributed by atoms with Crippen LogP contribution in [0.4, 0.5) is 0 Å². The lowest BCUT2D eigenvalue weighted by molar-refractivity contribution is -0.146. The molecule has 0 bridgehead atoms. The molecule has 3 atom stereocenters. The zero-order chi connectivity index (χ0) is 12.8. The monoisotopic (exact) mass is 272 g/mol. The number of hydrogen-bond donors (Lipinski definition) is 0. The highest BCUT2D eigenvalue weighted by Gasteiger charge is 2.43. The second kappa shape index (κ2) is 7.26. The number of hydrogen-bond acceptors (Lipinski definition) is 4. The lowest BCUT2D eigenvalue weighted by atomic mass is 9.88. The molecule has 0 aromatic carbocycles. The Labute approximate surface area is 111 Å². The van der Waals surface area contributed by atoms with Crippen molar-refractivity contribution < 1.29 is 19.0 Å². The molecular formula is C13H24O4Si. The van der Waals surface area contributed by atoms with E-state index in [-0.39, 0.29) is 22.1 Å². The smallest absolute Gasteiger partial charge is 0.331 e. The minimum atomic E-state index is -0.242. The Kier molecular flexibility index (Phi) is 5.66. The van der Waals surface area contributed by atoms with Gasteiger partial charge in [-0.3, -0.25) is 0 Å². The maximum atomic E-state index is 11.2. The van der Waals surface area contributed by atoms with Gasteiger partial charge in [-0.1, -0.05) is 12.5 Å². The van der Waals surface area contributed by atoms with Crippen LogP contribution in [0.25, 0.3) is 0 Å². The molecule has 1 aliphatic heterocycles. The van der Waals surface area contributed by atoms with Gasteiger partial charge >= 0.3 is 5.97 Å². The van der Waals surface area contributed by atoms with E-state index in [1.54, 1.807) is 0 Å². The molecular weight excluding hydrogens is 248 g/mol. The maximum Gasteiger partial charge on any atom is 0.331 e. The van der Waals surface area contributed by atoms with Crippen molar-refractivity contribution in [3.05, 3.63) is 0 Å². The van der Waals surface area contributed by atoms with Crippen molar-refractivity contribution in [1.29, 1.82) is 0 Å². The van der Waals surface area contributed by atoms with E-state index in [0.29, 0.717) is 25.0 Å². The van der Waals surface area contributed by atoms with Crippen molar-refractivity contribution in [2.24, 2.45) is 5.92 Å². The summed E-state index contributed by atoms with van der Waals surface area (Å²) >= 11 is 0. The molecule has 2 fully saturated rings. The third kappa shape index (κ3) is 4.70. The third-order valence-electron chi connectivity index (χ3n) is 3.81. The topological polar surface area (TPSA) is 48.1 Å². The van der Waals surface area contributed by atoms with Gasteiger partial charge in [0.15, 0.2) is 0 Å². The Morgan fingerprint density at radius 1 is 1.39 bits per heavy atom. The van der Waals surface area contributed by atoms with Crippen LogP contribution < -0.4 is 0 Å². The van der Waals surface area contributed by atoms with E-state index in [1.807, 2.05) is 6.92 Å². The van der Waals surface area contributed by atoms with Crippen LogP contribution in [-0.2, 0) is 19.0 Å². The first-order valence-electron chi connectivity index (χ1n) is 7.18. The van der Waals surface area contributed by atoms with Gasteiger partial charge in [-0.25, -0.2) is 4.79 Å². The molecule has 104 valence electrons. The third-order valence-corrected chi connectivity index (χ3v) is 5.21. The first-order valence-corrected chi connectivity index (χ1v) is 9.18. The molecule has 0 N–H and O–H groups in total. The standard InChI is InChI=1S/C13H24O4Si/c1-2-15-8-13(14)16-9-18-6-5-10-3-4-11-12(7-10)17-11/h10-12H,2-9,18H2,1H3. The molecule has 1 heterocycles. The Bertz CT molecular complexity index is 272. The number of epoxide rings is 1. The van der Waals surface area contributed by atoms with E-state index in [4.69, 9.17) is 14.2 Å². The zero-order valence-electron chi connectivity index (χ0n) is 11.2. The van der Waals surface area contributed by atoms with Gasteiger partial charge < -0.3 is 14.2 Å². The van der Waals surface area contributed by atoms with Crippen LogP contribution in [0.15, 0.2) is 0 Å². The molecule has 5 heteroatoms. The summed E-state index contributed by atoms with van der Waals surface area (Å²) < 4.78 is 15.7. The number of esters is 1. The molecule has 0 amide bonds. The van der Waals surface area contributed by atoms with E-state index in [0.717, 1.165) is 5.92 Å². The highest BCUT2D eigenvalue weighted by Crippen LogP contribution is 2.40. The molecule has 0 radical (unpaired) electrons. The number of fused-ring (bicyclic) bond motifs is 1. The van der Waals surface area contributed by atoms with Crippen LogP contribution in [0.1, 0.15) is 32.6 Å². The van der Waals surface area contributed by atoms with Crippen molar-refractivity contribution in [2.45, 2.75) is 50.9 Å². The summed E-state index contributed by atoms with van der Waals surface area (Å²) in [6.45, 7) is 2.55. The Morgan fingerprint density at radius 3 is 3.06 bits per heavy atom. The summed E-state index contributed by atoms with van der Waals surface area (Å²) in [5.41, 5.74) is 0. The molecule has 4 nitrogen and oxygen atoms in total. The van der Waals surface area contributed by atoms with Gasteiger partial charge in [-0.05, 0) is 32.1 Å². The minimum Gasteiger partial charge on any atom is -0.468 e. The van der Waals surface area contributed by atoms with Crippen LogP contribution in [0.3, 0.4) is 0 Å². The van der Waals surface area contributed by atoms with Gasteiger partial charge in [-0.2, -0.15) is 0 Å². The number of ether oxygens (including phenoxy) is 3. The van der Waals surface area contributed by atoms with Crippen molar-refractivity contribution in [2.75, 3.05) is 19.4 Å². The van der Waals surface area contributed by atoms with Gasteiger partial charge in [0.1, 0.15) is 6.61 Å². The largest absolute Gasteiger partial charge is 0.468 e. The summed E-state index contributed by atoms with van der Waals surface area (Å²) in [6.07, 6.45) is 7.04. The van der Waals surface area contributed by atoms with Crippen LogP contribution in [-0.4, -0.2) is 47.1 Å². The van der Waals surface area contributed by atoms with Gasteiger partial charge in [0.25, 0.3) is 0 Å². The molecule has 1 saturated heterocycles. The summed E-state index contributed by atoms with van der Waals surface area (Å²) in [5, 5.41) is 0. The van der Waals surface area contributed by atoms with Crippen molar-refractivity contribution in [1.82, 2.24) is 0 Å². The quantitative estimate of drug-likeness (QED) is 0.287. The first-order chi connectivity index (χ1) is 8.79. The molecule has 0 aromatic heterocycles. The molecule has 2 rings (SSSR count). The second-order valence-corrected chi connectivity index (χ2v) is 7.07. The molecule has 18 heavy (non-hydrogen) atoms. The summed E-state index contributed by atoms with van der Waals surface area (Å²) in [7, 11) is -0.242. The Balaban J connectivity index is 1.42. The molecule has 3 unspecified atom stereocenters. The SMILES string of the molecule is CCOCC(=O)OC[SiH2]CCC1CCC2OC2C1. The van der Waals surface area contributed by atoms with Crippen LogP contribution in [0.2, 0.25) is 6.04 Å². The molecule has 0 spiro atoms. The van der Waals surface area contributed by atoms with Gasteiger partial charge in [-0.15, -0.1) is 0 Å². The van der Waals surface area contributed by atoms with Crippen molar-refractivity contribution in [3.8, 4) is 0 Å². The fraction of sp³-hybridized carbons (Fsp3) is 0.923. The van der Waals surface area contributed by atoms with Crippen LogP contribution in [0, 0.1) is 5.92 Å². The lowest BCUT2D eigenvalue weighted by Crippen LogP contribution is -2.17. The number of carbonyl (C=O) groups is 1. The highest BCUT2D eigenvalue weighted by atomic mass is 28.2. The fourth-order valence-electron chi connectivity index (χ4n) is 2.70. The molecule has 2 aliphatic rings. The van der Waals surface area contributed by atoms with Gasteiger partial charge in [0.05, 0.1) is 28.0 Å². The highest BCUT2D eigenvalue weighted by molar-refractivity contribution is 6.35. The predicted molar refractivity (Wildman–Crippen MR) is 71.4 cm³/mol. The van der Waals surface area contributed by atoms with E-state index in [1.165, 1.54) is 31.7 Å². The maximum absolute atomic E-state index is 11.2. The summed E-state index contributed by atoms with van der Waals surface area (Å²) in [6, 6.07) is 1.28. The zero-order valence-corrected chi connectivity index (χ0v) is 12.6.